The Hall–Kier alpha value is -2.74. The summed E-state index contributed by atoms with van der Waals surface area (Å²) < 4.78 is 11.3. The fourth-order valence-electron chi connectivity index (χ4n) is 2.82. The summed E-state index contributed by atoms with van der Waals surface area (Å²) in [7, 11) is 1.68. The van der Waals surface area contributed by atoms with E-state index in [1.807, 2.05) is 24.3 Å². The van der Waals surface area contributed by atoms with E-state index in [0.29, 0.717) is 12.4 Å². The lowest BCUT2D eigenvalue weighted by atomic mass is 10.0. The molecule has 1 heterocycles. The van der Waals surface area contributed by atoms with E-state index in [9.17, 15) is 0 Å². The Bertz CT molecular complexity index is 890. The molecule has 1 aromatic heterocycles. The van der Waals surface area contributed by atoms with Gasteiger partial charge in [0, 0.05) is 23.3 Å². The highest BCUT2D eigenvalue weighted by Crippen LogP contribution is 2.24. The zero-order chi connectivity index (χ0) is 18.2. The van der Waals surface area contributed by atoms with Crippen molar-refractivity contribution < 1.29 is 9.47 Å². The summed E-state index contributed by atoms with van der Waals surface area (Å²) in [6.45, 7) is 4.39. The largest absolute Gasteiger partial charge is 0.497 e. The molecule has 26 heavy (non-hydrogen) atoms. The monoisotopic (exact) mass is 362 g/mol. The Labute approximate surface area is 159 Å². The second kappa shape index (κ2) is 9.10. The molecule has 0 aliphatic heterocycles. The molecule has 3 heteroatoms. The summed E-state index contributed by atoms with van der Waals surface area (Å²) in [5, 5.41) is 2.10. The lowest BCUT2D eigenvalue weighted by Crippen LogP contribution is -2.01. The van der Waals surface area contributed by atoms with Crippen molar-refractivity contribution in [3.63, 3.8) is 0 Å². The van der Waals surface area contributed by atoms with Gasteiger partial charge in [-0.3, -0.25) is 0 Å². The number of benzene rings is 2. The van der Waals surface area contributed by atoms with E-state index in [4.69, 9.17) is 9.47 Å². The second-order valence-corrected chi connectivity index (χ2v) is 6.90. The molecule has 0 aliphatic carbocycles. The van der Waals surface area contributed by atoms with Crippen LogP contribution in [0.5, 0.6) is 5.75 Å². The molecular formula is C23H22O2S. The van der Waals surface area contributed by atoms with Crippen LogP contribution in [0.4, 0.5) is 0 Å². The Morgan fingerprint density at radius 1 is 1.08 bits per heavy atom. The van der Waals surface area contributed by atoms with Crippen LogP contribution >= 0.6 is 11.3 Å². The number of methoxy groups -OCH3 is 1. The summed E-state index contributed by atoms with van der Waals surface area (Å²) in [5.74, 6) is 1.57. The van der Waals surface area contributed by atoms with Crippen molar-refractivity contribution in [2.24, 2.45) is 0 Å². The highest BCUT2D eigenvalue weighted by Gasteiger charge is 2.10. The molecule has 0 atom stereocenters. The first-order valence-electron chi connectivity index (χ1n) is 8.56. The predicted molar refractivity (Wildman–Crippen MR) is 109 cm³/mol. The van der Waals surface area contributed by atoms with Gasteiger partial charge >= 0.3 is 0 Å². The van der Waals surface area contributed by atoms with Gasteiger partial charge in [0.25, 0.3) is 0 Å². The Morgan fingerprint density at radius 2 is 1.96 bits per heavy atom. The van der Waals surface area contributed by atoms with Crippen molar-refractivity contribution in [3.8, 4) is 5.75 Å². The number of hydrogen-bond acceptors (Lipinski definition) is 3. The quantitative estimate of drug-likeness (QED) is 0.376. The molecule has 0 saturated heterocycles. The van der Waals surface area contributed by atoms with Crippen LogP contribution in [0.25, 0.3) is 5.76 Å². The van der Waals surface area contributed by atoms with Crippen LogP contribution < -0.4 is 4.74 Å². The van der Waals surface area contributed by atoms with Gasteiger partial charge in [-0.2, -0.15) is 0 Å². The maximum absolute atomic E-state index is 6.02. The number of hydrogen-bond donors (Lipinski definition) is 0. The van der Waals surface area contributed by atoms with Crippen molar-refractivity contribution in [2.75, 3.05) is 13.7 Å². The first-order chi connectivity index (χ1) is 12.8. The van der Waals surface area contributed by atoms with Crippen LogP contribution in [-0.2, 0) is 17.6 Å². The molecule has 3 aromatic rings. The molecule has 0 N–H and O–H groups in total. The highest BCUT2D eigenvalue weighted by molar-refractivity contribution is 7.09. The maximum Gasteiger partial charge on any atom is 0.169 e. The van der Waals surface area contributed by atoms with Crippen LogP contribution in [0.1, 0.15) is 21.6 Å². The summed E-state index contributed by atoms with van der Waals surface area (Å²) in [6.07, 6.45) is 1.69. The normalized spacial score (nSPS) is 10.2. The molecule has 0 aliphatic rings. The standard InChI is InChI=1S/C23H22O2S/c1-3-23(25-14-13-18-8-6-10-20(16-18)24-2)22-12-5-4-9-19(22)17-21-11-7-15-26-21/h4-12,15-16H,1,13-14,17H2,2H3. The number of rotatable bonds is 8. The number of thiophene rings is 1. The van der Waals surface area contributed by atoms with Crippen LogP contribution in [0.3, 0.4) is 0 Å². The second-order valence-electron chi connectivity index (χ2n) is 5.87. The van der Waals surface area contributed by atoms with Gasteiger partial charge in [-0.1, -0.05) is 54.8 Å². The highest BCUT2D eigenvalue weighted by atomic mass is 32.1. The topological polar surface area (TPSA) is 18.5 Å². The summed E-state index contributed by atoms with van der Waals surface area (Å²) in [4.78, 5) is 1.33. The van der Waals surface area contributed by atoms with Crippen LogP contribution in [0, 0.1) is 0 Å². The molecule has 0 saturated carbocycles. The van der Waals surface area contributed by atoms with Crippen LogP contribution in [0.2, 0.25) is 0 Å². The van der Waals surface area contributed by atoms with Crippen molar-refractivity contribution in [3.05, 3.63) is 99.9 Å². The molecule has 2 aromatic carbocycles. The smallest absolute Gasteiger partial charge is 0.169 e. The molecule has 2 nitrogen and oxygen atoms in total. The Kier molecular flexibility index (Phi) is 6.32. The fraction of sp³-hybridized carbons (Fsp3) is 0.174. The van der Waals surface area contributed by atoms with E-state index in [2.05, 4.69) is 54.1 Å². The Balaban J connectivity index is 1.68. The first kappa shape index (κ1) is 18.1. The maximum atomic E-state index is 6.02. The molecule has 0 unspecified atom stereocenters. The molecule has 132 valence electrons. The molecule has 0 fully saturated rings. The van der Waals surface area contributed by atoms with Gasteiger partial charge in [-0.15, -0.1) is 11.3 Å². The molecule has 3 rings (SSSR count). The van der Waals surface area contributed by atoms with E-state index in [0.717, 1.165) is 24.2 Å². The zero-order valence-electron chi connectivity index (χ0n) is 14.9. The minimum Gasteiger partial charge on any atom is -0.497 e. The van der Waals surface area contributed by atoms with Gasteiger partial charge in [0.2, 0.25) is 0 Å². The zero-order valence-corrected chi connectivity index (χ0v) is 15.7. The lowest BCUT2D eigenvalue weighted by molar-refractivity contribution is 0.281. The van der Waals surface area contributed by atoms with Gasteiger partial charge in [0.05, 0.1) is 13.7 Å². The summed E-state index contributed by atoms with van der Waals surface area (Å²) in [5.41, 5.74) is 6.43. The van der Waals surface area contributed by atoms with Crippen molar-refractivity contribution >= 4 is 17.1 Å². The van der Waals surface area contributed by atoms with Gasteiger partial charge in [0.1, 0.15) is 5.75 Å². The Morgan fingerprint density at radius 3 is 2.73 bits per heavy atom. The van der Waals surface area contributed by atoms with Gasteiger partial charge in [0.15, 0.2) is 5.76 Å². The predicted octanol–water partition coefficient (Wildman–Crippen LogP) is 5.73. The average Bonchev–Trinajstić information content (AvgIpc) is 3.19. The molecule has 0 radical (unpaired) electrons. The van der Waals surface area contributed by atoms with E-state index in [-0.39, 0.29) is 0 Å². The minimum absolute atomic E-state index is 0.568. The van der Waals surface area contributed by atoms with E-state index in [1.165, 1.54) is 16.0 Å². The van der Waals surface area contributed by atoms with Crippen LogP contribution in [-0.4, -0.2) is 13.7 Å². The third-order valence-corrected chi connectivity index (χ3v) is 5.02. The van der Waals surface area contributed by atoms with Gasteiger partial charge in [-0.05, 0) is 34.7 Å². The van der Waals surface area contributed by atoms with Gasteiger partial charge in [-0.25, -0.2) is 0 Å². The van der Waals surface area contributed by atoms with Crippen molar-refractivity contribution in [2.45, 2.75) is 12.8 Å². The van der Waals surface area contributed by atoms with E-state index < -0.39 is 0 Å². The van der Waals surface area contributed by atoms with Crippen LogP contribution in [0.15, 0.2) is 78.4 Å². The summed E-state index contributed by atoms with van der Waals surface area (Å²) in [6, 6.07) is 20.6. The van der Waals surface area contributed by atoms with Gasteiger partial charge < -0.3 is 9.47 Å². The third kappa shape index (κ3) is 4.66. The lowest BCUT2D eigenvalue weighted by Gasteiger charge is -2.13. The third-order valence-electron chi connectivity index (χ3n) is 4.14. The molecular weight excluding hydrogens is 340 g/mol. The van der Waals surface area contributed by atoms with Crippen molar-refractivity contribution in [1.82, 2.24) is 0 Å². The number of ether oxygens (including phenoxy) is 2. The van der Waals surface area contributed by atoms with E-state index in [1.54, 1.807) is 18.4 Å². The van der Waals surface area contributed by atoms with Crippen molar-refractivity contribution in [1.29, 1.82) is 0 Å². The first-order valence-corrected chi connectivity index (χ1v) is 9.44. The molecule has 0 amide bonds. The van der Waals surface area contributed by atoms with E-state index >= 15 is 0 Å². The average molecular weight is 362 g/mol. The summed E-state index contributed by atoms with van der Waals surface area (Å²) >= 11 is 1.77. The minimum atomic E-state index is 0.568. The SMILES string of the molecule is C=C=C(OCCc1cccc(OC)c1)c1ccccc1Cc1cccs1. The fourth-order valence-corrected chi connectivity index (χ4v) is 3.55. The molecule has 0 spiro atoms. The molecule has 0 bridgehead atoms.